The minimum atomic E-state index is -0.379. The number of benzene rings is 2. The molecule has 0 aliphatic heterocycles. The van der Waals surface area contributed by atoms with Crippen molar-refractivity contribution in [2.24, 2.45) is 0 Å². The van der Waals surface area contributed by atoms with Gasteiger partial charge in [0.15, 0.2) is 16.5 Å². The average Bonchev–Trinajstić information content (AvgIpc) is 3.15. The zero-order chi connectivity index (χ0) is 19.4. The van der Waals surface area contributed by atoms with Gasteiger partial charge in [-0.1, -0.05) is 41.1 Å². The molecule has 0 spiro atoms. The molecule has 0 saturated heterocycles. The Bertz CT molecular complexity index is 952. The van der Waals surface area contributed by atoms with E-state index in [1.807, 2.05) is 18.2 Å². The van der Waals surface area contributed by atoms with Crippen LogP contribution in [0.4, 0.5) is 5.13 Å². The van der Waals surface area contributed by atoms with Crippen LogP contribution in [0.3, 0.4) is 0 Å². The van der Waals surface area contributed by atoms with E-state index >= 15 is 0 Å². The first-order valence-electron chi connectivity index (χ1n) is 7.77. The number of amides is 1. The largest absolute Gasteiger partial charge is 0.493 e. The number of rotatable bonds is 6. The number of aromatic nitrogens is 2. The quantitative estimate of drug-likeness (QED) is 0.663. The van der Waals surface area contributed by atoms with Crippen LogP contribution in [0.25, 0.3) is 10.6 Å². The Morgan fingerprint density at radius 3 is 2.30 bits per heavy atom. The molecule has 0 atom stereocenters. The lowest BCUT2D eigenvalue weighted by atomic mass is 10.1. The predicted octanol–water partition coefficient (Wildman–Crippen LogP) is 4.14. The van der Waals surface area contributed by atoms with Gasteiger partial charge in [0.25, 0.3) is 5.91 Å². The summed E-state index contributed by atoms with van der Waals surface area (Å²) in [4.78, 5) is 12.6. The molecule has 140 valence electrons. The Balaban J connectivity index is 1.85. The SMILES string of the molecule is COc1cc(C(=O)Nc2nnc(-c3ccccc3Cl)s2)cc(OC)c1OC. The number of carbonyl (C=O) groups is 1. The molecule has 0 radical (unpaired) electrons. The van der Waals surface area contributed by atoms with Gasteiger partial charge in [-0.25, -0.2) is 0 Å². The van der Waals surface area contributed by atoms with Crippen molar-refractivity contribution < 1.29 is 19.0 Å². The van der Waals surface area contributed by atoms with E-state index in [2.05, 4.69) is 15.5 Å². The number of hydrogen-bond donors (Lipinski definition) is 1. The molecule has 1 aromatic heterocycles. The molecule has 0 fully saturated rings. The molecule has 0 aliphatic rings. The van der Waals surface area contributed by atoms with Gasteiger partial charge >= 0.3 is 0 Å². The van der Waals surface area contributed by atoms with Gasteiger partial charge in [-0.3, -0.25) is 10.1 Å². The van der Waals surface area contributed by atoms with Crippen molar-refractivity contribution in [3.8, 4) is 27.8 Å². The van der Waals surface area contributed by atoms with Gasteiger partial charge in [0.2, 0.25) is 10.9 Å². The maximum absolute atomic E-state index is 12.6. The van der Waals surface area contributed by atoms with Gasteiger partial charge in [0.1, 0.15) is 0 Å². The van der Waals surface area contributed by atoms with E-state index in [9.17, 15) is 4.79 Å². The molecule has 0 saturated carbocycles. The smallest absolute Gasteiger partial charge is 0.257 e. The summed E-state index contributed by atoms with van der Waals surface area (Å²) in [6.07, 6.45) is 0. The van der Waals surface area contributed by atoms with E-state index in [0.717, 1.165) is 5.56 Å². The van der Waals surface area contributed by atoms with Gasteiger partial charge in [0.05, 0.1) is 26.4 Å². The molecule has 1 N–H and O–H groups in total. The van der Waals surface area contributed by atoms with Crippen molar-refractivity contribution in [1.29, 1.82) is 0 Å². The van der Waals surface area contributed by atoms with Crippen molar-refractivity contribution in [2.75, 3.05) is 26.6 Å². The highest BCUT2D eigenvalue weighted by Crippen LogP contribution is 2.38. The second-order valence-electron chi connectivity index (χ2n) is 5.26. The lowest BCUT2D eigenvalue weighted by Gasteiger charge is -2.13. The number of nitrogens with zero attached hydrogens (tertiary/aromatic N) is 2. The van der Waals surface area contributed by atoms with Crippen LogP contribution in [0.5, 0.6) is 17.2 Å². The van der Waals surface area contributed by atoms with Crippen LogP contribution < -0.4 is 19.5 Å². The van der Waals surface area contributed by atoms with Crippen LogP contribution in [0.2, 0.25) is 5.02 Å². The third-order valence-corrected chi connectivity index (χ3v) is 4.88. The average molecular weight is 406 g/mol. The molecule has 3 aromatic rings. The van der Waals surface area contributed by atoms with Crippen molar-refractivity contribution in [3.05, 3.63) is 47.0 Å². The fraction of sp³-hybridized carbons (Fsp3) is 0.167. The number of halogens is 1. The summed E-state index contributed by atoms with van der Waals surface area (Å²) in [7, 11) is 4.47. The summed E-state index contributed by atoms with van der Waals surface area (Å²) in [6, 6.07) is 10.4. The second kappa shape index (κ2) is 8.24. The Kier molecular flexibility index (Phi) is 5.78. The molecule has 27 heavy (non-hydrogen) atoms. The number of methoxy groups -OCH3 is 3. The van der Waals surface area contributed by atoms with Crippen LogP contribution in [0.1, 0.15) is 10.4 Å². The van der Waals surface area contributed by atoms with E-state index in [1.165, 1.54) is 32.7 Å². The zero-order valence-electron chi connectivity index (χ0n) is 14.8. The fourth-order valence-electron chi connectivity index (χ4n) is 2.40. The van der Waals surface area contributed by atoms with Crippen LogP contribution >= 0.6 is 22.9 Å². The van der Waals surface area contributed by atoms with E-state index in [0.29, 0.717) is 38.0 Å². The first-order chi connectivity index (χ1) is 13.1. The third kappa shape index (κ3) is 3.96. The molecule has 2 aromatic carbocycles. The summed E-state index contributed by atoms with van der Waals surface area (Å²) < 4.78 is 15.8. The fourth-order valence-corrected chi connectivity index (χ4v) is 3.46. The van der Waals surface area contributed by atoms with Gasteiger partial charge in [-0.15, -0.1) is 10.2 Å². The van der Waals surface area contributed by atoms with Gasteiger partial charge in [-0.2, -0.15) is 0 Å². The highest BCUT2D eigenvalue weighted by atomic mass is 35.5. The topological polar surface area (TPSA) is 82.6 Å². The first-order valence-corrected chi connectivity index (χ1v) is 8.96. The first kappa shape index (κ1) is 18.9. The van der Waals surface area contributed by atoms with Gasteiger partial charge in [0, 0.05) is 11.1 Å². The van der Waals surface area contributed by atoms with Crippen LogP contribution in [0.15, 0.2) is 36.4 Å². The van der Waals surface area contributed by atoms with E-state index in [1.54, 1.807) is 18.2 Å². The summed E-state index contributed by atoms with van der Waals surface area (Å²) >= 11 is 7.40. The van der Waals surface area contributed by atoms with E-state index in [4.69, 9.17) is 25.8 Å². The molecule has 9 heteroatoms. The van der Waals surface area contributed by atoms with Crippen LogP contribution in [0, 0.1) is 0 Å². The van der Waals surface area contributed by atoms with Crippen molar-refractivity contribution in [3.63, 3.8) is 0 Å². The molecule has 0 bridgehead atoms. The van der Waals surface area contributed by atoms with Crippen molar-refractivity contribution in [1.82, 2.24) is 10.2 Å². The van der Waals surface area contributed by atoms with Crippen molar-refractivity contribution >= 4 is 34.0 Å². The summed E-state index contributed by atoms with van der Waals surface area (Å²) in [5, 5.41) is 12.3. The molecule has 1 heterocycles. The van der Waals surface area contributed by atoms with E-state index < -0.39 is 0 Å². The number of carbonyl (C=O) groups excluding carboxylic acids is 1. The third-order valence-electron chi connectivity index (χ3n) is 3.68. The molecular weight excluding hydrogens is 390 g/mol. The number of ether oxygens (including phenoxy) is 3. The second-order valence-corrected chi connectivity index (χ2v) is 6.65. The lowest BCUT2D eigenvalue weighted by Crippen LogP contribution is -2.12. The molecule has 7 nitrogen and oxygen atoms in total. The summed E-state index contributed by atoms with van der Waals surface area (Å²) in [5.41, 5.74) is 1.09. The van der Waals surface area contributed by atoms with Crippen LogP contribution in [-0.2, 0) is 0 Å². The minimum Gasteiger partial charge on any atom is -0.493 e. The predicted molar refractivity (Wildman–Crippen MR) is 104 cm³/mol. The molecule has 0 unspecified atom stereocenters. The highest BCUT2D eigenvalue weighted by molar-refractivity contribution is 7.18. The van der Waals surface area contributed by atoms with Gasteiger partial charge in [-0.05, 0) is 18.2 Å². The molecular formula is C18H16ClN3O4S. The highest BCUT2D eigenvalue weighted by Gasteiger charge is 2.18. The lowest BCUT2D eigenvalue weighted by molar-refractivity contribution is 0.102. The maximum atomic E-state index is 12.6. The molecule has 3 rings (SSSR count). The summed E-state index contributed by atoms with van der Waals surface area (Å²) in [5.74, 6) is 0.802. The minimum absolute atomic E-state index is 0.332. The Morgan fingerprint density at radius 2 is 1.70 bits per heavy atom. The zero-order valence-corrected chi connectivity index (χ0v) is 16.4. The normalized spacial score (nSPS) is 10.4. The maximum Gasteiger partial charge on any atom is 0.257 e. The van der Waals surface area contributed by atoms with Crippen LogP contribution in [-0.4, -0.2) is 37.4 Å². The molecule has 1 amide bonds. The monoisotopic (exact) mass is 405 g/mol. The number of hydrogen-bond acceptors (Lipinski definition) is 7. The summed E-state index contributed by atoms with van der Waals surface area (Å²) in [6.45, 7) is 0. The van der Waals surface area contributed by atoms with Gasteiger partial charge < -0.3 is 14.2 Å². The Labute approximate surface area is 164 Å². The Hall–Kier alpha value is -2.84. The number of anilines is 1. The van der Waals surface area contributed by atoms with Crippen molar-refractivity contribution in [2.45, 2.75) is 0 Å². The number of nitrogens with one attached hydrogen (secondary N) is 1. The molecule has 0 aliphatic carbocycles. The Morgan fingerprint density at radius 1 is 1.04 bits per heavy atom. The van der Waals surface area contributed by atoms with E-state index in [-0.39, 0.29) is 5.91 Å². The standard InChI is InChI=1S/C18H16ClN3O4S/c1-24-13-8-10(9-14(25-2)15(13)26-3)16(23)20-18-22-21-17(27-18)11-6-4-5-7-12(11)19/h4-9H,1-3H3,(H,20,22,23).